The molecule has 1 rings (SSSR count). The number of rotatable bonds is 8. The van der Waals surface area contributed by atoms with Gasteiger partial charge in [0.05, 0.1) is 6.61 Å². The van der Waals surface area contributed by atoms with Crippen molar-refractivity contribution in [3.8, 4) is 0 Å². The van der Waals surface area contributed by atoms with Crippen molar-refractivity contribution in [2.24, 2.45) is 0 Å². The van der Waals surface area contributed by atoms with Crippen molar-refractivity contribution < 1.29 is 9.53 Å². The maximum absolute atomic E-state index is 11.6. The van der Waals surface area contributed by atoms with E-state index in [1.54, 1.807) is 19.2 Å². The molecule has 0 aromatic carbocycles. The fourth-order valence-corrected chi connectivity index (χ4v) is 1.30. The van der Waals surface area contributed by atoms with Crippen molar-refractivity contribution >= 4 is 11.7 Å². The zero-order chi connectivity index (χ0) is 13.2. The second kappa shape index (κ2) is 8.41. The lowest BCUT2D eigenvalue weighted by molar-refractivity contribution is 0.0931. The molecular weight excluding hydrogens is 232 g/mol. The second-order valence-electron chi connectivity index (χ2n) is 3.83. The Morgan fingerprint density at radius 3 is 2.78 bits per heavy atom. The third-order valence-corrected chi connectivity index (χ3v) is 2.33. The van der Waals surface area contributed by atoms with Crippen molar-refractivity contribution in [2.75, 3.05) is 32.1 Å². The average Bonchev–Trinajstić information content (AvgIpc) is 2.40. The van der Waals surface area contributed by atoms with Crippen molar-refractivity contribution in [1.29, 1.82) is 0 Å². The number of nitrogens with zero attached hydrogens (tertiary/aromatic N) is 2. The first kappa shape index (κ1) is 14.4. The van der Waals surface area contributed by atoms with Crippen LogP contribution in [0.5, 0.6) is 0 Å². The minimum absolute atomic E-state index is 0.236. The molecule has 0 fully saturated rings. The van der Waals surface area contributed by atoms with E-state index >= 15 is 0 Å². The summed E-state index contributed by atoms with van der Waals surface area (Å²) >= 11 is 0. The van der Waals surface area contributed by atoms with Crippen molar-refractivity contribution in [3.05, 3.63) is 17.8 Å². The molecule has 0 spiro atoms. The predicted molar refractivity (Wildman–Crippen MR) is 69.6 cm³/mol. The summed E-state index contributed by atoms with van der Waals surface area (Å²) < 4.78 is 4.84. The fraction of sp³-hybridized carbons (Fsp3) is 0.583. The molecule has 1 heterocycles. The number of hydrogen-bond acceptors (Lipinski definition) is 5. The van der Waals surface area contributed by atoms with Gasteiger partial charge >= 0.3 is 0 Å². The Morgan fingerprint density at radius 1 is 1.33 bits per heavy atom. The molecule has 1 amide bonds. The Labute approximate surface area is 107 Å². The first-order chi connectivity index (χ1) is 8.77. The molecule has 1 aromatic rings. The van der Waals surface area contributed by atoms with Crippen LogP contribution in [0.3, 0.4) is 0 Å². The van der Waals surface area contributed by atoms with Gasteiger partial charge in [-0.05, 0) is 18.6 Å². The lowest BCUT2D eigenvalue weighted by atomic mass is 10.3. The number of nitrogens with one attached hydrogen (secondary N) is 2. The van der Waals surface area contributed by atoms with Gasteiger partial charge in [-0.3, -0.25) is 4.79 Å². The smallest absolute Gasteiger partial charge is 0.271 e. The molecule has 0 saturated carbocycles. The monoisotopic (exact) mass is 252 g/mol. The van der Waals surface area contributed by atoms with E-state index < -0.39 is 0 Å². The van der Waals surface area contributed by atoms with Gasteiger partial charge in [0.1, 0.15) is 5.82 Å². The number of carbonyl (C=O) groups excluding carboxylic acids is 1. The Hall–Kier alpha value is -1.69. The molecule has 0 aliphatic carbocycles. The number of anilines is 1. The van der Waals surface area contributed by atoms with Gasteiger partial charge in [0, 0.05) is 20.2 Å². The van der Waals surface area contributed by atoms with E-state index in [0.29, 0.717) is 24.7 Å². The highest BCUT2D eigenvalue weighted by molar-refractivity contribution is 5.92. The molecule has 6 heteroatoms. The van der Waals surface area contributed by atoms with E-state index in [4.69, 9.17) is 4.74 Å². The summed E-state index contributed by atoms with van der Waals surface area (Å²) in [5.41, 5.74) is 0.312. The fourth-order valence-electron chi connectivity index (χ4n) is 1.30. The molecule has 0 atom stereocenters. The van der Waals surface area contributed by atoms with Gasteiger partial charge < -0.3 is 15.4 Å². The van der Waals surface area contributed by atoms with E-state index in [1.165, 1.54) is 0 Å². The summed E-state index contributed by atoms with van der Waals surface area (Å²) in [5.74, 6) is 0.455. The van der Waals surface area contributed by atoms with Crippen molar-refractivity contribution in [3.63, 3.8) is 0 Å². The Kier molecular flexibility index (Phi) is 6.71. The molecule has 6 nitrogen and oxygen atoms in total. The van der Waals surface area contributed by atoms with Gasteiger partial charge in [0.25, 0.3) is 5.91 Å². The van der Waals surface area contributed by atoms with Crippen LogP contribution >= 0.6 is 0 Å². The number of methoxy groups -OCH3 is 1. The summed E-state index contributed by atoms with van der Waals surface area (Å²) in [6.45, 7) is 3.94. The van der Waals surface area contributed by atoms with E-state index in [-0.39, 0.29) is 5.91 Å². The molecule has 2 N–H and O–H groups in total. The third-order valence-electron chi connectivity index (χ3n) is 2.33. The Morgan fingerprint density at radius 2 is 2.17 bits per heavy atom. The van der Waals surface area contributed by atoms with Gasteiger partial charge in [-0.25, -0.2) is 0 Å². The van der Waals surface area contributed by atoms with Gasteiger partial charge in [-0.1, -0.05) is 13.3 Å². The quantitative estimate of drug-likeness (QED) is 0.677. The lowest BCUT2D eigenvalue weighted by Gasteiger charge is -2.05. The molecule has 0 radical (unpaired) electrons. The molecular formula is C12H20N4O2. The molecule has 0 unspecified atom stereocenters. The molecule has 0 saturated heterocycles. The molecule has 18 heavy (non-hydrogen) atoms. The summed E-state index contributed by atoms with van der Waals surface area (Å²) in [6.07, 6.45) is 2.21. The predicted octanol–water partition coefficient (Wildman–Crippen LogP) is 1.06. The normalized spacial score (nSPS) is 10.1. The van der Waals surface area contributed by atoms with Crippen LogP contribution < -0.4 is 10.6 Å². The summed E-state index contributed by atoms with van der Waals surface area (Å²) in [5, 5.41) is 13.6. The van der Waals surface area contributed by atoms with Crippen molar-refractivity contribution in [2.45, 2.75) is 19.8 Å². The van der Waals surface area contributed by atoms with Gasteiger partial charge in [-0.2, -0.15) is 0 Å². The molecule has 0 aliphatic heterocycles. The molecule has 100 valence electrons. The first-order valence-corrected chi connectivity index (χ1v) is 6.12. The van der Waals surface area contributed by atoms with E-state index in [9.17, 15) is 4.79 Å². The van der Waals surface area contributed by atoms with Crippen LogP contribution in [0.15, 0.2) is 12.1 Å². The standard InChI is InChI=1S/C12H20N4O2/c1-3-4-7-13-11-6-5-10(15-16-11)12(17)14-8-9-18-2/h5-6H,3-4,7-9H2,1-2H3,(H,13,16)(H,14,17). The molecule has 1 aromatic heterocycles. The second-order valence-corrected chi connectivity index (χ2v) is 3.83. The number of unbranched alkanes of at least 4 members (excludes halogenated alkanes) is 1. The van der Waals surface area contributed by atoms with Gasteiger partial charge in [-0.15, -0.1) is 10.2 Å². The number of hydrogen-bond donors (Lipinski definition) is 2. The van der Waals surface area contributed by atoms with Crippen LogP contribution in [0.1, 0.15) is 30.3 Å². The number of ether oxygens (including phenoxy) is 1. The minimum Gasteiger partial charge on any atom is -0.383 e. The number of aromatic nitrogens is 2. The zero-order valence-electron chi connectivity index (χ0n) is 10.9. The zero-order valence-corrected chi connectivity index (χ0v) is 10.9. The minimum atomic E-state index is -0.236. The van der Waals surface area contributed by atoms with Crippen LogP contribution in [0.25, 0.3) is 0 Å². The van der Waals surface area contributed by atoms with Crippen LogP contribution in [-0.4, -0.2) is 42.9 Å². The highest BCUT2D eigenvalue weighted by atomic mass is 16.5. The van der Waals surface area contributed by atoms with Crippen LogP contribution in [0, 0.1) is 0 Å². The van der Waals surface area contributed by atoms with Crippen LogP contribution in [-0.2, 0) is 4.74 Å². The lowest BCUT2D eigenvalue weighted by Crippen LogP contribution is -2.28. The summed E-state index contributed by atoms with van der Waals surface area (Å²) in [7, 11) is 1.59. The highest BCUT2D eigenvalue weighted by Crippen LogP contribution is 2.02. The molecule has 0 bridgehead atoms. The molecule has 0 aliphatic rings. The third kappa shape index (κ3) is 5.09. The summed E-state index contributed by atoms with van der Waals surface area (Å²) in [4.78, 5) is 11.6. The maximum Gasteiger partial charge on any atom is 0.271 e. The largest absolute Gasteiger partial charge is 0.383 e. The highest BCUT2D eigenvalue weighted by Gasteiger charge is 2.06. The van der Waals surface area contributed by atoms with E-state index in [2.05, 4.69) is 27.8 Å². The number of carbonyl (C=O) groups is 1. The SMILES string of the molecule is CCCCNc1ccc(C(=O)NCCOC)nn1. The Balaban J connectivity index is 2.41. The summed E-state index contributed by atoms with van der Waals surface area (Å²) in [6, 6.07) is 3.41. The van der Waals surface area contributed by atoms with Gasteiger partial charge in [0.2, 0.25) is 0 Å². The number of amides is 1. The first-order valence-electron chi connectivity index (χ1n) is 6.12. The van der Waals surface area contributed by atoms with Crippen molar-refractivity contribution in [1.82, 2.24) is 15.5 Å². The van der Waals surface area contributed by atoms with Crippen LogP contribution in [0.2, 0.25) is 0 Å². The van der Waals surface area contributed by atoms with E-state index in [1.807, 2.05) is 0 Å². The van der Waals surface area contributed by atoms with Gasteiger partial charge in [0.15, 0.2) is 5.69 Å². The topological polar surface area (TPSA) is 76.1 Å². The average molecular weight is 252 g/mol. The van der Waals surface area contributed by atoms with E-state index in [0.717, 1.165) is 19.4 Å². The maximum atomic E-state index is 11.6. The van der Waals surface area contributed by atoms with Crippen LogP contribution in [0.4, 0.5) is 5.82 Å². The Bertz CT molecular complexity index is 354.